The van der Waals surface area contributed by atoms with Crippen LogP contribution in [0, 0.1) is 39.9 Å². The molecule has 2 amide bonds. The van der Waals surface area contributed by atoms with Gasteiger partial charge >= 0.3 is 6.18 Å². The third-order valence-electron chi connectivity index (χ3n) is 5.14. The smallest absolute Gasteiger partial charge is 0.330 e. The summed E-state index contributed by atoms with van der Waals surface area (Å²) < 4.78 is 38.7. The first kappa shape index (κ1) is 22.1. The molecule has 1 N–H and O–H groups in total. The molecule has 0 bridgehead atoms. The molecule has 0 aromatic rings. The first-order chi connectivity index (χ1) is 12.9. The highest BCUT2D eigenvalue weighted by Gasteiger charge is 2.45. The summed E-state index contributed by atoms with van der Waals surface area (Å²) >= 11 is 0.818. The quantitative estimate of drug-likeness (QED) is 0.721. The SMILES string of the molecule is C[C@H](C1CC1)N(CC(F)(F)F)C(=O)CSC1=C(C#N)C(C)(C)[C@H](C#N)C(=O)N1. The van der Waals surface area contributed by atoms with Gasteiger partial charge in [0.25, 0.3) is 0 Å². The van der Waals surface area contributed by atoms with E-state index < -0.39 is 41.9 Å². The Morgan fingerprint density at radius 1 is 1.39 bits per heavy atom. The van der Waals surface area contributed by atoms with Crippen molar-refractivity contribution in [2.75, 3.05) is 12.3 Å². The Kier molecular flexibility index (Phi) is 6.34. The summed E-state index contributed by atoms with van der Waals surface area (Å²) in [5.41, 5.74) is -0.932. The van der Waals surface area contributed by atoms with E-state index in [9.17, 15) is 33.3 Å². The van der Waals surface area contributed by atoms with Crippen LogP contribution in [0.2, 0.25) is 0 Å². The summed E-state index contributed by atoms with van der Waals surface area (Å²) in [6.45, 7) is 3.43. The molecular weight excluding hydrogens is 393 g/mol. The molecule has 28 heavy (non-hydrogen) atoms. The lowest BCUT2D eigenvalue weighted by Crippen LogP contribution is -2.47. The van der Waals surface area contributed by atoms with E-state index in [1.165, 1.54) is 0 Å². The van der Waals surface area contributed by atoms with Crippen molar-refractivity contribution < 1.29 is 22.8 Å². The minimum absolute atomic E-state index is 0.0647. The average Bonchev–Trinajstić information content (AvgIpc) is 3.40. The summed E-state index contributed by atoms with van der Waals surface area (Å²) in [7, 11) is 0. The third-order valence-corrected chi connectivity index (χ3v) is 6.12. The van der Waals surface area contributed by atoms with E-state index in [1.807, 2.05) is 12.1 Å². The zero-order valence-corrected chi connectivity index (χ0v) is 16.6. The molecule has 0 spiro atoms. The molecule has 0 unspecified atom stereocenters. The van der Waals surface area contributed by atoms with Gasteiger partial charge in [0.2, 0.25) is 11.8 Å². The minimum atomic E-state index is -4.51. The molecule has 1 heterocycles. The van der Waals surface area contributed by atoms with E-state index in [1.54, 1.807) is 20.8 Å². The lowest BCUT2D eigenvalue weighted by Gasteiger charge is -2.35. The highest BCUT2D eigenvalue weighted by atomic mass is 32.2. The molecule has 0 aromatic carbocycles. The average molecular weight is 414 g/mol. The fraction of sp³-hybridized carbons (Fsp3) is 0.667. The zero-order chi connectivity index (χ0) is 21.3. The molecule has 152 valence electrons. The predicted octanol–water partition coefficient (Wildman–Crippen LogP) is 2.94. The van der Waals surface area contributed by atoms with Crippen LogP contribution in [0.1, 0.15) is 33.6 Å². The Morgan fingerprint density at radius 3 is 2.46 bits per heavy atom. The maximum atomic E-state index is 12.9. The lowest BCUT2D eigenvalue weighted by molar-refractivity contribution is -0.164. The fourth-order valence-corrected chi connectivity index (χ4v) is 4.30. The summed E-state index contributed by atoms with van der Waals surface area (Å²) in [6, 6.07) is 3.30. The molecule has 2 atom stereocenters. The number of amides is 2. The van der Waals surface area contributed by atoms with E-state index in [-0.39, 0.29) is 22.3 Å². The van der Waals surface area contributed by atoms with Crippen LogP contribution in [0.4, 0.5) is 13.2 Å². The molecular formula is C18H21F3N4O2S. The molecule has 6 nitrogen and oxygen atoms in total. The third kappa shape index (κ3) is 4.79. The summed E-state index contributed by atoms with van der Waals surface area (Å²) in [5.74, 6) is -2.66. The van der Waals surface area contributed by atoms with Crippen LogP contribution >= 0.6 is 11.8 Å². The van der Waals surface area contributed by atoms with Crippen LogP contribution < -0.4 is 5.32 Å². The van der Waals surface area contributed by atoms with Crippen molar-refractivity contribution in [3.05, 3.63) is 10.6 Å². The Balaban J connectivity index is 2.19. The Morgan fingerprint density at radius 2 is 2.00 bits per heavy atom. The molecule has 1 aliphatic heterocycles. The standard InChI is InChI=1S/C18H21F3N4O2S/c1-10(11-4-5-11)25(9-18(19,20)21)14(26)8-28-16-13(7-23)17(2,3)12(6-22)15(27)24-16/h10-12H,4-5,8-9H2,1-3H3,(H,24,27)/t10-,12-/m1/s1. The summed E-state index contributed by atoms with van der Waals surface area (Å²) in [5, 5.41) is 21.2. The number of rotatable bonds is 6. The van der Waals surface area contributed by atoms with Crippen molar-refractivity contribution in [1.29, 1.82) is 10.5 Å². The summed E-state index contributed by atoms with van der Waals surface area (Å²) in [4.78, 5) is 25.5. The number of nitriles is 2. The van der Waals surface area contributed by atoms with Crippen LogP contribution in [0.25, 0.3) is 0 Å². The topological polar surface area (TPSA) is 97.0 Å². The van der Waals surface area contributed by atoms with Crippen LogP contribution in [-0.2, 0) is 9.59 Å². The van der Waals surface area contributed by atoms with Gasteiger partial charge in [0, 0.05) is 11.5 Å². The molecule has 2 rings (SSSR count). The van der Waals surface area contributed by atoms with Crippen LogP contribution in [0.3, 0.4) is 0 Å². The highest BCUT2D eigenvalue weighted by Crippen LogP contribution is 2.42. The predicted molar refractivity (Wildman–Crippen MR) is 96.1 cm³/mol. The molecule has 1 fully saturated rings. The van der Waals surface area contributed by atoms with Crippen LogP contribution in [-0.4, -0.2) is 41.2 Å². The number of hydrogen-bond donors (Lipinski definition) is 1. The molecule has 2 aliphatic rings. The monoisotopic (exact) mass is 414 g/mol. The second-order valence-electron chi connectivity index (χ2n) is 7.59. The maximum Gasteiger partial charge on any atom is 0.406 e. The van der Waals surface area contributed by atoms with Crippen molar-refractivity contribution in [3.63, 3.8) is 0 Å². The lowest BCUT2D eigenvalue weighted by atomic mass is 9.72. The maximum absolute atomic E-state index is 12.9. The van der Waals surface area contributed by atoms with E-state index in [0.29, 0.717) is 0 Å². The summed E-state index contributed by atoms with van der Waals surface area (Å²) in [6.07, 6.45) is -2.93. The van der Waals surface area contributed by atoms with Gasteiger partial charge < -0.3 is 10.2 Å². The first-order valence-corrected chi connectivity index (χ1v) is 9.75. The number of carbonyl (C=O) groups excluding carboxylic acids is 2. The number of halogens is 3. The Bertz CT molecular complexity index is 775. The van der Waals surface area contributed by atoms with Gasteiger partial charge in [-0.05, 0) is 25.7 Å². The Labute approximate surface area is 165 Å². The van der Waals surface area contributed by atoms with Crippen molar-refractivity contribution >= 4 is 23.6 Å². The van der Waals surface area contributed by atoms with Gasteiger partial charge in [0.15, 0.2) is 0 Å². The highest BCUT2D eigenvalue weighted by molar-refractivity contribution is 8.03. The number of hydrogen-bond acceptors (Lipinski definition) is 5. The molecule has 10 heteroatoms. The van der Waals surface area contributed by atoms with E-state index >= 15 is 0 Å². The van der Waals surface area contributed by atoms with Gasteiger partial charge in [0.05, 0.1) is 28.5 Å². The van der Waals surface area contributed by atoms with Gasteiger partial charge in [-0.25, -0.2) is 0 Å². The normalized spacial score (nSPS) is 22.7. The fourth-order valence-electron chi connectivity index (χ4n) is 3.24. The number of thioether (sulfide) groups is 1. The number of alkyl halides is 3. The van der Waals surface area contributed by atoms with Gasteiger partial charge in [0.1, 0.15) is 12.5 Å². The number of carbonyl (C=O) groups is 2. The van der Waals surface area contributed by atoms with Gasteiger partial charge in [-0.1, -0.05) is 25.6 Å². The van der Waals surface area contributed by atoms with Gasteiger partial charge in [-0.3, -0.25) is 9.59 Å². The van der Waals surface area contributed by atoms with Crippen LogP contribution in [0.5, 0.6) is 0 Å². The minimum Gasteiger partial charge on any atom is -0.330 e. The van der Waals surface area contributed by atoms with E-state index in [2.05, 4.69) is 5.32 Å². The zero-order valence-electron chi connectivity index (χ0n) is 15.8. The molecule has 0 saturated heterocycles. The van der Waals surface area contributed by atoms with Crippen molar-refractivity contribution in [2.45, 2.75) is 45.8 Å². The van der Waals surface area contributed by atoms with Crippen LogP contribution in [0.15, 0.2) is 10.6 Å². The van der Waals surface area contributed by atoms with Gasteiger partial charge in [-0.2, -0.15) is 23.7 Å². The molecule has 1 aliphatic carbocycles. The molecule has 0 aromatic heterocycles. The number of nitrogens with one attached hydrogen (secondary N) is 1. The van der Waals surface area contributed by atoms with Crippen molar-refractivity contribution in [3.8, 4) is 12.1 Å². The van der Waals surface area contributed by atoms with Gasteiger partial charge in [-0.15, -0.1) is 0 Å². The van der Waals surface area contributed by atoms with E-state index in [0.717, 1.165) is 29.5 Å². The second-order valence-corrected chi connectivity index (χ2v) is 8.58. The largest absolute Gasteiger partial charge is 0.406 e. The number of nitrogens with zero attached hydrogens (tertiary/aromatic N) is 3. The molecule has 0 radical (unpaired) electrons. The first-order valence-electron chi connectivity index (χ1n) is 8.76. The Hall–Kier alpha value is -2.20. The second kappa shape index (κ2) is 8.04. The molecule has 1 saturated carbocycles. The van der Waals surface area contributed by atoms with Crippen molar-refractivity contribution in [2.24, 2.45) is 17.3 Å². The van der Waals surface area contributed by atoms with Crippen molar-refractivity contribution in [1.82, 2.24) is 10.2 Å². The number of allylic oxidation sites excluding steroid dienone is 1. The van der Waals surface area contributed by atoms with E-state index in [4.69, 9.17) is 0 Å².